The molecule has 0 bridgehead atoms. The SMILES string of the molecule is CCc1cc(C(=O)NCC2CNCCO2)n(CC)n1. The van der Waals surface area contributed by atoms with Crippen molar-refractivity contribution in [2.75, 3.05) is 26.2 Å². The summed E-state index contributed by atoms with van der Waals surface area (Å²) in [7, 11) is 0. The molecule has 6 heteroatoms. The number of nitrogens with one attached hydrogen (secondary N) is 2. The minimum Gasteiger partial charge on any atom is -0.374 e. The van der Waals surface area contributed by atoms with Crippen molar-refractivity contribution < 1.29 is 9.53 Å². The monoisotopic (exact) mass is 266 g/mol. The third-order valence-electron chi connectivity index (χ3n) is 3.22. The minimum atomic E-state index is -0.0803. The second kappa shape index (κ2) is 6.68. The van der Waals surface area contributed by atoms with Gasteiger partial charge in [0.2, 0.25) is 0 Å². The van der Waals surface area contributed by atoms with Crippen LogP contribution in [-0.4, -0.2) is 48.0 Å². The van der Waals surface area contributed by atoms with E-state index in [0.29, 0.717) is 25.4 Å². The van der Waals surface area contributed by atoms with Gasteiger partial charge in [-0.1, -0.05) is 6.92 Å². The smallest absolute Gasteiger partial charge is 0.269 e. The second-order valence-corrected chi connectivity index (χ2v) is 4.60. The predicted molar refractivity (Wildman–Crippen MR) is 72.2 cm³/mol. The highest BCUT2D eigenvalue weighted by molar-refractivity contribution is 5.92. The third kappa shape index (κ3) is 3.54. The molecule has 1 aliphatic heterocycles. The molecule has 6 nitrogen and oxygen atoms in total. The summed E-state index contributed by atoms with van der Waals surface area (Å²) in [5.41, 5.74) is 1.57. The van der Waals surface area contributed by atoms with E-state index >= 15 is 0 Å². The van der Waals surface area contributed by atoms with Crippen molar-refractivity contribution in [1.82, 2.24) is 20.4 Å². The van der Waals surface area contributed by atoms with Crippen LogP contribution in [0.15, 0.2) is 6.07 Å². The highest BCUT2D eigenvalue weighted by atomic mass is 16.5. The maximum absolute atomic E-state index is 12.1. The predicted octanol–water partition coefficient (Wildman–Crippen LogP) is 0.184. The lowest BCUT2D eigenvalue weighted by Gasteiger charge is -2.23. The number of hydrogen-bond donors (Lipinski definition) is 2. The molecule has 106 valence electrons. The van der Waals surface area contributed by atoms with Crippen molar-refractivity contribution in [3.05, 3.63) is 17.5 Å². The number of aromatic nitrogens is 2. The first-order valence-electron chi connectivity index (χ1n) is 6.91. The topological polar surface area (TPSA) is 68.2 Å². The lowest BCUT2D eigenvalue weighted by atomic mass is 10.2. The first kappa shape index (κ1) is 14.0. The molecule has 1 atom stereocenters. The fraction of sp³-hybridized carbons (Fsp3) is 0.692. The van der Waals surface area contributed by atoms with Crippen molar-refractivity contribution in [2.45, 2.75) is 32.9 Å². The van der Waals surface area contributed by atoms with Gasteiger partial charge in [-0.15, -0.1) is 0 Å². The zero-order chi connectivity index (χ0) is 13.7. The van der Waals surface area contributed by atoms with Gasteiger partial charge in [0, 0.05) is 26.2 Å². The molecule has 2 N–H and O–H groups in total. The number of aryl methyl sites for hydroxylation is 2. The summed E-state index contributed by atoms with van der Waals surface area (Å²) in [6, 6.07) is 1.86. The van der Waals surface area contributed by atoms with E-state index in [4.69, 9.17) is 4.74 Å². The Morgan fingerprint density at radius 2 is 2.47 bits per heavy atom. The molecule has 1 fully saturated rings. The maximum Gasteiger partial charge on any atom is 0.269 e. The molecule has 2 rings (SSSR count). The Kier molecular flexibility index (Phi) is 4.93. The van der Waals surface area contributed by atoms with Crippen molar-refractivity contribution in [3.8, 4) is 0 Å². The minimum absolute atomic E-state index is 0.0568. The zero-order valence-corrected chi connectivity index (χ0v) is 11.6. The molecule has 1 amide bonds. The quantitative estimate of drug-likeness (QED) is 0.798. The zero-order valence-electron chi connectivity index (χ0n) is 11.6. The standard InChI is InChI=1S/C13H22N4O2/c1-3-10-7-12(17(4-2)16-10)13(18)15-9-11-8-14-5-6-19-11/h7,11,14H,3-6,8-9H2,1-2H3,(H,15,18). The third-order valence-corrected chi connectivity index (χ3v) is 3.22. The molecule has 1 aromatic rings. The lowest BCUT2D eigenvalue weighted by molar-refractivity contribution is 0.0286. The Labute approximate surface area is 113 Å². The van der Waals surface area contributed by atoms with Crippen LogP contribution in [-0.2, 0) is 17.7 Å². The number of morpholine rings is 1. The first-order valence-corrected chi connectivity index (χ1v) is 6.91. The Morgan fingerprint density at radius 3 is 3.11 bits per heavy atom. The summed E-state index contributed by atoms with van der Waals surface area (Å²) in [5.74, 6) is -0.0803. The van der Waals surface area contributed by atoms with Crippen LogP contribution in [0.2, 0.25) is 0 Å². The molecule has 19 heavy (non-hydrogen) atoms. The summed E-state index contributed by atoms with van der Waals surface area (Å²) < 4.78 is 7.29. The van der Waals surface area contributed by atoms with E-state index in [1.807, 2.05) is 19.9 Å². The van der Waals surface area contributed by atoms with Gasteiger partial charge in [-0.3, -0.25) is 9.48 Å². The molecule has 2 heterocycles. The van der Waals surface area contributed by atoms with Crippen LogP contribution in [0.1, 0.15) is 30.0 Å². The van der Waals surface area contributed by atoms with Crippen LogP contribution < -0.4 is 10.6 Å². The highest BCUT2D eigenvalue weighted by Gasteiger charge is 2.17. The van der Waals surface area contributed by atoms with Crippen molar-refractivity contribution >= 4 is 5.91 Å². The normalized spacial score (nSPS) is 19.4. The summed E-state index contributed by atoms with van der Waals surface area (Å²) in [6.45, 7) is 7.61. The summed E-state index contributed by atoms with van der Waals surface area (Å²) in [6.07, 6.45) is 0.893. The number of carbonyl (C=O) groups excluding carboxylic acids is 1. The molecule has 1 aromatic heterocycles. The molecule has 0 aliphatic carbocycles. The number of nitrogens with zero attached hydrogens (tertiary/aromatic N) is 2. The number of amides is 1. The van der Waals surface area contributed by atoms with Crippen molar-refractivity contribution in [3.63, 3.8) is 0 Å². The number of rotatable bonds is 5. The average molecular weight is 266 g/mol. The van der Waals surface area contributed by atoms with Crippen LogP contribution in [0.5, 0.6) is 0 Å². The van der Waals surface area contributed by atoms with E-state index < -0.39 is 0 Å². The van der Waals surface area contributed by atoms with Crippen LogP contribution >= 0.6 is 0 Å². The fourth-order valence-electron chi connectivity index (χ4n) is 2.11. The molecule has 0 saturated carbocycles. The van der Waals surface area contributed by atoms with Gasteiger partial charge in [-0.25, -0.2) is 0 Å². The van der Waals surface area contributed by atoms with E-state index in [-0.39, 0.29) is 12.0 Å². The van der Waals surface area contributed by atoms with Gasteiger partial charge >= 0.3 is 0 Å². The van der Waals surface area contributed by atoms with E-state index in [0.717, 1.165) is 25.2 Å². The van der Waals surface area contributed by atoms with Crippen LogP contribution in [0.4, 0.5) is 0 Å². The lowest BCUT2D eigenvalue weighted by Crippen LogP contribution is -2.45. The summed E-state index contributed by atoms with van der Waals surface area (Å²) >= 11 is 0. The molecular formula is C13H22N4O2. The molecular weight excluding hydrogens is 244 g/mol. The van der Waals surface area contributed by atoms with Crippen LogP contribution in [0.25, 0.3) is 0 Å². The van der Waals surface area contributed by atoms with Gasteiger partial charge in [0.25, 0.3) is 5.91 Å². The van der Waals surface area contributed by atoms with Crippen LogP contribution in [0.3, 0.4) is 0 Å². The fourth-order valence-corrected chi connectivity index (χ4v) is 2.11. The van der Waals surface area contributed by atoms with Gasteiger partial charge < -0.3 is 15.4 Å². The van der Waals surface area contributed by atoms with E-state index in [1.165, 1.54) is 0 Å². The number of ether oxygens (including phenoxy) is 1. The van der Waals surface area contributed by atoms with E-state index in [9.17, 15) is 4.79 Å². The first-order chi connectivity index (χ1) is 9.24. The Bertz CT molecular complexity index is 424. The molecule has 1 saturated heterocycles. The molecule has 1 unspecified atom stereocenters. The number of carbonyl (C=O) groups is 1. The Balaban J connectivity index is 1.93. The van der Waals surface area contributed by atoms with Crippen molar-refractivity contribution in [1.29, 1.82) is 0 Å². The van der Waals surface area contributed by atoms with Gasteiger partial charge in [-0.2, -0.15) is 5.10 Å². The molecule has 1 aliphatic rings. The summed E-state index contributed by atoms with van der Waals surface area (Å²) in [5, 5.41) is 10.5. The number of hydrogen-bond acceptors (Lipinski definition) is 4. The van der Waals surface area contributed by atoms with Gasteiger partial charge in [0.15, 0.2) is 0 Å². The average Bonchev–Trinajstić information content (AvgIpc) is 2.89. The van der Waals surface area contributed by atoms with Crippen LogP contribution in [0, 0.1) is 0 Å². The van der Waals surface area contributed by atoms with Gasteiger partial charge in [-0.05, 0) is 19.4 Å². The molecule has 0 aromatic carbocycles. The molecule has 0 spiro atoms. The van der Waals surface area contributed by atoms with E-state index in [1.54, 1.807) is 4.68 Å². The summed E-state index contributed by atoms with van der Waals surface area (Å²) in [4.78, 5) is 12.1. The second-order valence-electron chi connectivity index (χ2n) is 4.60. The van der Waals surface area contributed by atoms with Gasteiger partial charge in [0.05, 0.1) is 18.4 Å². The van der Waals surface area contributed by atoms with E-state index in [2.05, 4.69) is 15.7 Å². The van der Waals surface area contributed by atoms with Gasteiger partial charge in [0.1, 0.15) is 5.69 Å². The van der Waals surface area contributed by atoms with Crippen molar-refractivity contribution in [2.24, 2.45) is 0 Å². The molecule has 0 radical (unpaired) electrons. The highest BCUT2D eigenvalue weighted by Crippen LogP contribution is 2.06. The Hall–Kier alpha value is -1.40. The Morgan fingerprint density at radius 1 is 1.63 bits per heavy atom. The largest absolute Gasteiger partial charge is 0.374 e. The maximum atomic E-state index is 12.1.